The number of hydrogen-bond acceptors (Lipinski definition) is 3. The second-order valence-corrected chi connectivity index (χ2v) is 6.54. The Hall–Kier alpha value is -3.08. The van der Waals surface area contributed by atoms with Crippen LogP contribution in [0, 0.1) is 6.92 Å². The Morgan fingerprint density at radius 1 is 1.08 bits per heavy atom. The summed E-state index contributed by atoms with van der Waals surface area (Å²) in [5.41, 5.74) is 3.81. The Balaban J connectivity index is 1.43. The number of hydrogen-bond donors (Lipinski definition) is 0. The summed E-state index contributed by atoms with van der Waals surface area (Å²) in [5, 5.41) is 4.60. The van der Waals surface area contributed by atoms with Gasteiger partial charge < -0.3 is 9.64 Å². The van der Waals surface area contributed by atoms with E-state index in [-0.39, 0.29) is 5.91 Å². The zero-order valence-electron chi connectivity index (χ0n) is 14.8. The maximum Gasteiger partial charge on any atom is 0.254 e. The quantitative estimate of drug-likeness (QED) is 0.726. The molecule has 26 heavy (non-hydrogen) atoms. The van der Waals surface area contributed by atoms with E-state index in [1.807, 2.05) is 77.2 Å². The third-order valence-corrected chi connectivity index (χ3v) is 4.56. The van der Waals surface area contributed by atoms with E-state index in [1.165, 1.54) is 0 Å². The van der Waals surface area contributed by atoms with Gasteiger partial charge in [0.05, 0.1) is 18.8 Å². The minimum Gasteiger partial charge on any atom is -0.487 e. The fourth-order valence-electron chi connectivity index (χ4n) is 3.12. The van der Waals surface area contributed by atoms with Crippen molar-refractivity contribution < 1.29 is 9.53 Å². The Kier molecular flexibility index (Phi) is 4.44. The minimum absolute atomic E-state index is 0.0690. The molecule has 0 bridgehead atoms. The van der Waals surface area contributed by atoms with Crippen molar-refractivity contribution >= 4 is 5.91 Å². The van der Waals surface area contributed by atoms with Crippen LogP contribution in [0.15, 0.2) is 60.7 Å². The lowest BCUT2D eigenvalue weighted by molar-refractivity contribution is 0.0706. The summed E-state index contributed by atoms with van der Waals surface area (Å²) < 4.78 is 7.74. The van der Waals surface area contributed by atoms with Crippen molar-refractivity contribution in [2.45, 2.75) is 26.6 Å². The predicted molar refractivity (Wildman–Crippen MR) is 98.9 cm³/mol. The molecule has 5 heteroatoms. The van der Waals surface area contributed by atoms with Crippen molar-refractivity contribution in [3.63, 3.8) is 0 Å². The van der Waals surface area contributed by atoms with Crippen molar-refractivity contribution in [2.75, 3.05) is 6.54 Å². The highest BCUT2D eigenvalue weighted by Gasteiger charge is 2.23. The molecule has 1 aliphatic heterocycles. The molecule has 0 aliphatic carbocycles. The lowest BCUT2D eigenvalue weighted by Crippen LogP contribution is -2.38. The van der Waals surface area contributed by atoms with E-state index in [2.05, 4.69) is 5.10 Å². The molecule has 1 aromatic heterocycles. The average molecular weight is 347 g/mol. The monoisotopic (exact) mass is 347 g/mol. The number of fused-ring (bicyclic) bond motifs is 1. The van der Waals surface area contributed by atoms with Crippen LogP contribution in [0.4, 0.5) is 0 Å². The van der Waals surface area contributed by atoms with Gasteiger partial charge in [0.1, 0.15) is 18.1 Å². The van der Waals surface area contributed by atoms with Crippen LogP contribution in [0.25, 0.3) is 0 Å². The van der Waals surface area contributed by atoms with Gasteiger partial charge >= 0.3 is 0 Å². The van der Waals surface area contributed by atoms with Gasteiger partial charge in [-0.1, -0.05) is 35.9 Å². The summed E-state index contributed by atoms with van der Waals surface area (Å²) in [6.07, 6.45) is 0. The zero-order valence-corrected chi connectivity index (χ0v) is 14.8. The molecule has 0 radical (unpaired) electrons. The molecule has 2 heterocycles. The zero-order chi connectivity index (χ0) is 17.9. The standard InChI is InChI=1S/C21H21N3O2/c1-16-7-9-17(10-8-16)21(25)23-11-12-24-19(14-23)13-18(22-24)15-26-20-5-3-2-4-6-20/h2-10,13H,11-12,14-15H2,1H3. The summed E-state index contributed by atoms with van der Waals surface area (Å²) in [7, 11) is 0. The van der Waals surface area contributed by atoms with E-state index < -0.39 is 0 Å². The number of aromatic nitrogens is 2. The topological polar surface area (TPSA) is 47.4 Å². The van der Waals surface area contributed by atoms with Crippen LogP contribution in [-0.2, 0) is 19.7 Å². The number of ether oxygens (including phenoxy) is 1. The Morgan fingerprint density at radius 3 is 2.62 bits per heavy atom. The highest BCUT2D eigenvalue weighted by atomic mass is 16.5. The lowest BCUT2D eigenvalue weighted by Gasteiger charge is -2.27. The molecular formula is C21H21N3O2. The van der Waals surface area contributed by atoms with Crippen molar-refractivity contribution in [1.82, 2.24) is 14.7 Å². The van der Waals surface area contributed by atoms with E-state index in [0.717, 1.165) is 28.3 Å². The summed E-state index contributed by atoms with van der Waals surface area (Å²) in [6.45, 7) is 4.40. The molecule has 1 amide bonds. The number of aryl methyl sites for hydroxylation is 1. The molecule has 3 aromatic rings. The van der Waals surface area contributed by atoms with Crippen LogP contribution in [0.5, 0.6) is 5.75 Å². The molecule has 0 saturated carbocycles. The molecule has 0 fully saturated rings. The molecule has 4 rings (SSSR count). The van der Waals surface area contributed by atoms with Gasteiger partial charge in [-0.05, 0) is 37.3 Å². The van der Waals surface area contributed by atoms with Gasteiger partial charge in [0.25, 0.3) is 5.91 Å². The molecule has 0 atom stereocenters. The van der Waals surface area contributed by atoms with Gasteiger partial charge in [-0.3, -0.25) is 9.48 Å². The van der Waals surface area contributed by atoms with Crippen LogP contribution in [0.3, 0.4) is 0 Å². The average Bonchev–Trinajstić information content (AvgIpc) is 3.09. The molecule has 0 spiro atoms. The van der Waals surface area contributed by atoms with Crippen LogP contribution < -0.4 is 4.74 Å². The number of nitrogens with zero attached hydrogens (tertiary/aromatic N) is 3. The second kappa shape index (κ2) is 7.04. The summed E-state index contributed by atoms with van der Waals surface area (Å²) in [6, 6.07) is 19.5. The van der Waals surface area contributed by atoms with Gasteiger partial charge in [-0.2, -0.15) is 5.10 Å². The van der Waals surface area contributed by atoms with Crippen molar-refractivity contribution in [3.8, 4) is 5.75 Å². The number of amides is 1. The summed E-state index contributed by atoms with van der Waals surface area (Å²) in [4.78, 5) is 14.6. The van der Waals surface area contributed by atoms with E-state index in [4.69, 9.17) is 4.74 Å². The van der Waals surface area contributed by atoms with Crippen molar-refractivity contribution in [1.29, 1.82) is 0 Å². The number of carbonyl (C=O) groups is 1. The Morgan fingerprint density at radius 2 is 1.85 bits per heavy atom. The third-order valence-electron chi connectivity index (χ3n) is 4.56. The largest absolute Gasteiger partial charge is 0.487 e. The fraction of sp³-hybridized carbons (Fsp3) is 0.238. The molecule has 5 nitrogen and oxygen atoms in total. The first-order valence-corrected chi connectivity index (χ1v) is 8.78. The SMILES string of the molecule is Cc1ccc(C(=O)N2CCn3nc(COc4ccccc4)cc3C2)cc1. The highest BCUT2D eigenvalue weighted by molar-refractivity contribution is 5.94. The molecule has 0 unspecified atom stereocenters. The van der Waals surface area contributed by atoms with Gasteiger partial charge in [-0.25, -0.2) is 0 Å². The normalized spacial score (nSPS) is 13.3. The summed E-state index contributed by atoms with van der Waals surface area (Å²) in [5.74, 6) is 0.897. The Bertz CT molecular complexity index is 901. The van der Waals surface area contributed by atoms with Crippen LogP contribution in [-0.4, -0.2) is 27.1 Å². The maximum absolute atomic E-state index is 12.7. The van der Waals surface area contributed by atoms with Gasteiger partial charge in [0.15, 0.2) is 0 Å². The minimum atomic E-state index is 0.0690. The summed E-state index contributed by atoms with van der Waals surface area (Å²) >= 11 is 0. The van der Waals surface area contributed by atoms with Crippen molar-refractivity contribution in [3.05, 3.63) is 83.2 Å². The van der Waals surface area contributed by atoms with E-state index in [9.17, 15) is 4.79 Å². The highest BCUT2D eigenvalue weighted by Crippen LogP contribution is 2.18. The predicted octanol–water partition coefficient (Wildman–Crippen LogP) is 3.43. The second-order valence-electron chi connectivity index (χ2n) is 6.54. The first kappa shape index (κ1) is 16.4. The van der Waals surface area contributed by atoms with Crippen LogP contribution in [0.2, 0.25) is 0 Å². The first-order chi connectivity index (χ1) is 12.7. The molecule has 0 saturated heterocycles. The van der Waals surface area contributed by atoms with E-state index >= 15 is 0 Å². The Labute approximate surface area is 152 Å². The fourth-order valence-corrected chi connectivity index (χ4v) is 3.12. The van der Waals surface area contributed by atoms with Gasteiger partial charge in [-0.15, -0.1) is 0 Å². The lowest BCUT2D eigenvalue weighted by atomic mass is 10.1. The van der Waals surface area contributed by atoms with Crippen molar-refractivity contribution in [2.24, 2.45) is 0 Å². The first-order valence-electron chi connectivity index (χ1n) is 8.78. The molecule has 132 valence electrons. The number of rotatable bonds is 4. The van der Waals surface area contributed by atoms with E-state index in [0.29, 0.717) is 26.2 Å². The van der Waals surface area contributed by atoms with Crippen LogP contribution >= 0.6 is 0 Å². The smallest absolute Gasteiger partial charge is 0.254 e. The number of benzene rings is 2. The number of carbonyl (C=O) groups excluding carboxylic acids is 1. The molecule has 2 aromatic carbocycles. The van der Waals surface area contributed by atoms with E-state index in [1.54, 1.807) is 0 Å². The van der Waals surface area contributed by atoms with Gasteiger partial charge in [0.2, 0.25) is 0 Å². The molecule has 0 N–H and O–H groups in total. The molecule has 1 aliphatic rings. The third kappa shape index (κ3) is 3.47. The maximum atomic E-state index is 12.7. The number of para-hydroxylation sites is 1. The van der Waals surface area contributed by atoms with Crippen LogP contribution in [0.1, 0.15) is 27.3 Å². The molecular weight excluding hydrogens is 326 g/mol. The van der Waals surface area contributed by atoms with Gasteiger partial charge in [0, 0.05) is 12.1 Å².